The van der Waals surface area contributed by atoms with Crippen LogP contribution in [0.2, 0.25) is 5.02 Å². The number of carbonyl (C=O) groups excluding carboxylic acids is 1. The fourth-order valence-electron chi connectivity index (χ4n) is 1.23. The highest BCUT2D eigenvalue weighted by Crippen LogP contribution is 2.16. The third-order valence-corrected chi connectivity index (χ3v) is 2.47. The van der Waals surface area contributed by atoms with Crippen LogP contribution in [0.25, 0.3) is 0 Å². The van der Waals surface area contributed by atoms with Crippen molar-refractivity contribution < 1.29 is 9.53 Å². The molecule has 0 aromatic heterocycles. The molecule has 1 fully saturated rings. The second kappa shape index (κ2) is 4.64. The van der Waals surface area contributed by atoms with Crippen molar-refractivity contribution in [2.45, 2.75) is 6.42 Å². The lowest BCUT2D eigenvalue weighted by Gasteiger charge is -2.04. The van der Waals surface area contributed by atoms with Crippen LogP contribution in [-0.4, -0.2) is 30.5 Å². The summed E-state index contributed by atoms with van der Waals surface area (Å²) in [6.45, 7) is 3.01. The highest BCUT2D eigenvalue weighted by molar-refractivity contribution is 6.30. The molecule has 2 rings (SSSR count). The Kier molecular flexibility index (Phi) is 3.23. The van der Waals surface area contributed by atoms with Gasteiger partial charge in [-0.3, -0.25) is 4.79 Å². The first kappa shape index (κ1) is 10.5. The summed E-state index contributed by atoms with van der Waals surface area (Å²) in [5.74, 6) is 0.361. The Balaban J connectivity index is 1.79. The Labute approximate surface area is 93.6 Å². The van der Waals surface area contributed by atoms with E-state index in [1.807, 2.05) is 0 Å². The van der Waals surface area contributed by atoms with Crippen LogP contribution >= 0.6 is 11.6 Å². The number of esters is 1. The van der Waals surface area contributed by atoms with Crippen LogP contribution in [0.15, 0.2) is 24.3 Å². The molecule has 0 N–H and O–H groups in total. The highest BCUT2D eigenvalue weighted by atomic mass is 35.5. The molecule has 1 saturated heterocycles. The summed E-state index contributed by atoms with van der Waals surface area (Å²) in [5, 5.41) is 0.638. The lowest BCUT2D eigenvalue weighted by Crippen LogP contribution is -2.13. The van der Waals surface area contributed by atoms with Gasteiger partial charge in [0.2, 0.25) is 0 Å². The number of rotatable bonds is 4. The number of halogens is 1. The molecule has 1 aromatic rings. The summed E-state index contributed by atoms with van der Waals surface area (Å²) in [4.78, 5) is 13.5. The number of benzene rings is 1. The van der Waals surface area contributed by atoms with Gasteiger partial charge in [0.15, 0.2) is 0 Å². The molecular weight excluding hydrogens is 214 g/mol. The smallest absolute Gasteiger partial charge is 0.312 e. The monoisotopic (exact) mass is 225 g/mol. The van der Waals surface area contributed by atoms with Gasteiger partial charge in [-0.05, 0) is 24.3 Å². The quantitative estimate of drug-likeness (QED) is 0.446. The second-order valence-electron chi connectivity index (χ2n) is 3.52. The summed E-state index contributed by atoms with van der Waals surface area (Å²) in [6, 6.07) is 6.79. The average Bonchev–Trinajstić information content (AvgIpc) is 3.02. The van der Waals surface area contributed by atoms with Crippen molar-refractivity contribution in [1.82, 2.24) is 4.90 Å². The molecule has 1 aliphatic heterocycles. The van der Waals surface area contributed by atoms with Gasteiger partial charge >= 0.3 is 5.97 Å². The molecule has 1 heterocycles. The minimum absolute atomic E-state index is 0.191. The maximum atomic E-state index is 11.3. The number of hydrogen-bond acceptors (Lipinski definition) is 3. The van der Waals surface area contributed by atoms with E-state index < -0.39 is 0 Å². The predicted octanol–water partition coefficient (Wildman–Crippen LogP) is 1.95. The molecule has 3 nitrogen and oxygen atoms in total. The lowest BCUT2D eigenvalue weighted by atomic mass is 10.3. The molecule has 15 heavy (non-hydrogen) atoms. The zero-order valence-corrected chi connectivity index (χ0v) is 9.04. The summed E-state index contributed by atoms with van der Waals surface area (Å²) in [7, 11) is 0. The number of nitrogens with zero attached hydrogens (tertiary/aromatic N) is 1. The van der Waals surface area contributed by atoms with E-state index in [4.69, 9.17) is 16.3 Å². The van der Waals surface area contributed by atoms with Crippen molar-refractivity contribution in [3.05, 3.63) is 29.3 Å². The molecular formula is C11H12ClNO2. The van der Waals surface area contributed by atoms with Gasteiger partial charge in [-0.1, -0.05) is 11.6 Å². The molecule has 4 heteroatoms. The maximum Gasteiger partial charge on any atom is 0.312 e. The minimum atomic E-state index is -0.191. The third-order valence-electron chi connectivity index (χ3n) is 2.22. The van der Waals surface area contributed by atoms with Gasteiger partial charge in [0.1, 0.15) is 5.75 Å². The standard InChI is InChI=1S/C11H12ClNO2/c12-9-1-3-10(4-2-9)15-11(14)5-6-13-7-8-13/h1-4H,5-8H2. The summed E-state index contributed by atoms with van der Waals surface area (Å²) < 4.78 is 5.12. The van der Waals surface area contributed by atoms with Crippen LogP contribution in [-0.2, 0) is 4.79 Å². The van der Waals surface area contributed by atoms with Gasteiger partial charge in [-0.25, -0.2) is 0 Å². The van der Waals surface area contributed by atoms with Crippen molar-refractivity contribution in [2.24, 2.45) is 0 Å². The Bertz CT molecular complexity index is 346. The average molecular weight is 226 g/mol. The number of hydrogen-bond donors (Lipinski definition) is 0. The number of carbonyl (C=O) groups is 1. The molecule has 0 unspecified atom stereocenters. The molecule has 0 atom stereocenters. The zero-order chi connectivity index (χ0) is 10.7. The fraction of sp³-hybridized carbons (Fsp3) is 0.364. The summed E-state index contributed by atoms with van der Waals surface area (Å²) in [6.07, 6.45) is 0.447. The molecule has 0 saturated carbocycles. The van der Waals surface area contributed by atoms with Gasteiger partial charge in [0.05, 0.1) is 6.42 Å². The first-order valence-electron chi connectivity index (χ1n) is 4.92. The largest absolute Gasteiger partial charge is 0.426 e. The minimum Gasteiger partial charge on any atom is -0.426 e. The number of ether oxygens (including phenoxy) is 1. The molecule has 0 spiro atoms. The van der Waals surface area contributed by atoms with Crippen molar-refractivity contribution in [3.63, 3.8) is 0 Å². The predicted molar refractivity (Wildman–Crippen MR) is 58.1 cm³/mol. The van der Waals surface area contributed by atoms with Crippen LogP contribution in [0.4, 0.5) is 0 Å². The van der Waals surface area contributed by atoms with E-state index >= 15 is 0 Å². The highest BCUT2D eigenvalue weighted by Gasteiger charge is 2.18. The zero-order valence-electron chi connectivity index (χ0n) is 8.28. The Hall–Kier alpha value is -1.06. The van der Waals surface area contributed by atoms with E-state index in [9.17, 15) is 4.79 Å². The Morgan fingerprint density at radius 3 is 2.60 bits per heavy atom. The molecule has 0 aliphatic carbocycles. The van der Waals surface area contributed by atoms with Crippen molar-refractivity contribution in [3.8, 4) is 5.75 Å². The topological polar surface area (TPSA) is 29.3 Å². The van der Waals surface area contributed by atoms with E-state index in [1.54, 1.807) is 24.3 Å². The van der Waals surface area contributed by atoms with Crippen molar-refractivity contribution in [1.29, 1.82) is 0 Å². The van der Waals surface area contributed by atoms with E-state index in [-0.39, 0.29) is 5.97 Å². The van der Waals surface area contributed by atoms with Gasteiger partial charge in [-0.2, -0.15) is 0 Å². The Morgan fingerprint density at radius 2 is 2.00 bits per heavy atom. The van der Waals surface area contributed by atoms with Gasteiger partial charge in [-0.15, -0.1) is 0 Å². The molecule has 80 valence electrons. The van der Waals surface area contributed by atoms with Crippen molar-refractivity contribution in [2.75, 3.05) is 19.6 Å². The SMILES string of the molecule is O=C(CCN1CC1)Oc1ccc(Cl)cc1. The molecule has 0 radical (unpaired) electrons. The first-order chi connectivity index (χ1) is 7.24. The molecule has 0 amide bonds. The van der Waals surface area contributed by atoms with E-state index in [0.29, 0.717) is 17.2 Å². The molecule has 1 aliphatic rings. The van der Waals surface area contributed by atoms with E-state index in [2.05, 4.69) is 4.90 Å². The molecule has 0 bridgehead atoms. The van der Waals surface area contributed by atoms with Gasteiger partial charge < -0.3 is 9.64 Å². The van der Waals surface area contributed by atoms with Crippen LogP contribution < -0.4 is 4.74 Å². The van der Waals surface area contributed by atoms with Crippen LogP contribution in [0.1, 0.15) is 6.42 Å². The van der Waals surface area contributed by atoms with Gasteiger partial charge in [0, 0.05) is 24.7 Å². The third kappa shape index (κ3) is 3.53. The lowest BCUT2D eigenvalue weighted by molar-refractivity contribution is -0.134. The van der Waals surface area contributed by atoms with E-state index in [0.717, 1.165) is 19.6 Å². The maximum absolute atomic E-state index is 11.3. The second-order valence-corrected chi connectivity index (χ2v) is 3.96. The fourth-order valence-corrected chi connectivity index (χ4v) is 1.35. The first-order valence-corrected chi connectivity index (χ1v) is 5.30. The van der Waals surface area contributed by atoms with E-state index in [1.165, 1.54) is 0 Å². The Morgan fingerprint density at radius 1 is 1.33 bits per heavy atom. The summed E-state index contributed by atoms with van der Waals surface area (Å²) >= 11 is 5.71. The van der Waals surface area contributed by atoms with Crippen LogP contribution in [0.3, 0.4) is 0 Å². The summed E-state index contributed by atoms with van der Waals surface area (Å²) in [5.41, 5.74) is 0. The van der Waals surface area contributed by atoms with Crippen LogP contribution in [0, 0.1) is 0 Å². The van der Waals surface area contributed by atoms with Gasteiger partial charge in [0.25, 0.3) is 0 Å². The van der Waals surface area contributed by atoms with Crippen LogP contribution in [0.5, 0.6) is 5.75 Å². The normalized spacial score (nSPS) is 15.0. The van der Waals surface area contributed by atoms with Crippen molar-refractivity contribution >= 4 is 17.6 Å². The molecule has 1 aromatic carbocycles.